The summed E-state index contributed by atoms with van der Waals surface area (Å²) in [5.41, 5.74) is 2.41. The first-order valence-electron chi connectivity index (χ1n) is 11.4. The molecule has 3 heteroatoms. The van der Waals surface area contributed by atoms with E-state index in [0.29, 0.717) is 0 Å². The maximum Gasteiger partial charge on any atom is 0.0202 e. The Hall–Kier alpha value is -0.120. The van der Waals surface area contributed by atoms with Gasteiger partial charge in [0.2, 0.25) is 0 Å². The van der Waals surface area contributed by atoms with Crippen molar-refractivity contribution in [2.45, 2.75) is 83.5 Å². The van der Waals surface area contributed by atoms with Crippen LogP contribution in [0.5, 0.6) is 0 Å². The third kappa shape index (κ3) is 4.25. The summed E-state index contributed by atoms with van der Waals surface area (Å²) in [5.74, 6) is 0. The maximum atomic E-state index is 3.30. The Balaban J connectivity index is 0.0000000978. The summed E-state index contributed by atoms with van der Waals surface area (Å²) in [7, 11) is 0. The molecule has 3 nitrogen and oxygen atoms in total. The molecule has 3 saturated carbocycles. The number of rotatable bonds is 0. The minimum absolute atomic E-state index is 0.722. The standard InChI is InChI=1S/C11H20.C6H11N.C5H10N2/c1-3-7-11(8-4-1)9-5-2-6-10-11;1-2-6(3-1)4-7-5-6;1-5(2-6-1)3-7-4-5/h1-10H2;7H,1-5H2;6-7H,1-4H2. The van der Waals surface area contributed by atoms with Crippen molar-refractivity contribution in [1.29, 1.82) is 0 Å². The fraction of sp³-hybridized carbons (Fsp3) is 1.00. The van der Waals surface area contributed by atoms with Crippen molar-refractivity contribution >= 4 is 0 Å². The van der Waals surface area contributed by atoms with E-state index < -0.39 is 0 Å². The molecule has 0 aromatic carbocycles. The second-order valence-corrected chi connectivity index (χ2v) is 10.3. The van der Waals surface area contributed by atoms with Crippen LogP contribution < -0.4 is 16.0 Å². The molecule has 3 aliphatic heterocycles. The van der Waals surface area contributed by atoms with Crippen molar-refractivity contribution in [2.24, 2.45) is 16.2 Å². The first-order chi connectivity index (χ1) is 12.2. The van der Waals surface area contributed by atoms with Gasteiger partial charge in [-0.3, -0.25) is 0 Å². The van der Waals surface area contributed by atoms with Crippen LogP contribution in [0.25, 0.3) is 0 Å². The molecule has 0 bridgehead atoms. The maximum absolute atomic E-state index is 3.30. The van der Waals surface area contributed by atoms with E-state index in [1.807, 2.05) is 0 Å². The molecule has 0 radical (unpaired) electrons. The fourth-order valence-electron chi connectivity index (χ4n) is 5.82. The number of hydrogen-bond acceptors (Lipinski definition) is 3. The van der Waals surface area contributed by atoms with Crippen molar-refractivity contribution < 1.29 is 0 Å². The molecule has 6 aliphatic rings. The molecule has 6 rings (SSSR count). The third-order valence-electron chi connectivity index (χ3n) is 8.24. The Morgan fingerprint density at radius 3 is 0.840 bits per heavy atom. The normalized spacial score (nSPS) is 32.6. The van der Waals surface area contributed by atoms with Gasteiger partial charge in [-0.2, -0.15) is 0 Å². The van der Waals surface area contributed by atoms with Crippen LogP contribution in [0.3, 0.4) is 0 Å². The average Bonchev–Trinajstić information content (AvgIpc) is 2.44. The highest BCUT2D eigenvalue weighted by Gasteiger charge is 2.42. The van der Waals surface area contributed by atoms with Gasteiger partial charge >= 0.3 is 0 Å². The van der Waals surface area contributed by atoms with E-state index in [2.05, 4.69) is 16.0 Å². The van der Waals surface area contributed by atoms with Gasteiger partial charge in [0.1, 0.15) is 0 Å². The largest absolute Gasteiger partial charge is 0.316 e. The van der Waals surface area contributed by atoms with Crippen LogP contribution in [0, 0.1) is 16.2 Å². The van der Waals surface area contributed by atoms with E-state index in [9.17, 15) is 0 Å². The topological polar surface area (TPSA) is 36.1 Å². The van der Waals surface area contributed by atoms with Gasteiger partial charge in [-0.05, 0) is 49.4 Å². The highest BCUT2D eigenvalue weighted by atomic mass is 15.1. The van der Waals surface area contributed by atoms with E-state index in [1.54, 1.807) is 25.7 Å². The Kier molecular flexibility index (Phi) is 5.74. The summed E-state index contributed by atoms with van der Waals surface area (Å²) < 4.78 is 0. The Labute approximate surface area is 155 Å². The van der Waals surface area contributed by atoms with Crippen molar-refractivity contribution in [3.63, 3.8) is 0 Å². The molecule has 0 atom stereocenters. The van der Waals surface area contributed by atoms with Crippen LogP contribution >= 0.6 is 0 Å². The molecule has 3 spiro atoms. The van der Waals surface area contributed by atoms with Gasteiger partial charge in [-0.25, -0.2) is 0 Å². The molecule has 0 aromatic heterocycles. The summed E-state index contributed by atoms with van der Waals surface area (Å²) in [4.78, 5) is 0. The Bertz CT molecular complexity index is 330. The second kappa shape index (κ2) is 7.86. The molecule has 144 valence electrons. The lowest BCUT2D eigenvalue weighted by Crippen LogP contribution is -2.69. The van der Waals surface area contributed by atoms with Gasteiger partial charge in [0.25, 0.3) is 0 Å². The summed E-state index contributed by atoms with van der Waals surface area (Å²) >= 11 is 0. The minimum atomic E-state index is 0.722. The first-order valence-corrected chi connectivity index (χ1v) is 11.4. The zero-order valence-corrected chi connectivity index (χ0v) is 16.4. The number of hydrogen-bond donors (Lipinski definition) is 3. The molecule has 3 saturated heterocycles. The van der Waals surface area contributed by atoms with E-state index in [0.717, 1.165) is 16.2 Å². The predicted molar refractivity (Wildman–Crippen MR) is 106 cm³/mol. The lowest BCUT2D eigenvalue weighted by molar-refractivity contribution is 0.0603. The van der Waals surface area contributed by atoms with E-state index >= 15 is 0 Å². The first kappa shape index (κ1) is 18.3. The van der Waals surface area contributed by atoms with Gasteiger partial charge in [-0.15, -0.1) is 0 Å². The average molecular weight is 348 g/mol. The summed E-state index contributed by atoms with van der Waals surface area (Å²) in [5, 5.41) is 9.83. The Morgan fingerprint density at radius 1 is 0.320 bits per heavy atom. The zero-order valence-electron chi connectivity index (χ0n) is 16.4. The molecule has 0 amide bonds. The minimum Gasteiger partial charge on any atom is -0.316 e. The van der Waals surface area contributed by atoms with E-state index in [-0.39, 0.29) is 0 Å². The van der Waals surface area contributed by atoms with Gasteiger partial charge in [0.15, 0.2) is 0 Å². The lowest BCUT2D eigenvalue weighted by atomic mass is 9.65. The van der Waals surface area contributed by atoms with Crippen LogP contribution in [0.4, 0.5) is 0 Å². The SMILES string of the molecule is C1CC2(C1)CNC2.C1CCC2(CC1)CCCCC2.C1NCC12CNC2. The second-order valence-electron chi connectivity index (χ2n) is 10.3. The molecule has 6 fully saturated rings. The van der Waals surface area contributed by atoms with Crippen LogP contribution in [-0.4, -0.2) is 39.3 Å². The molecule has 0 aromatic rings. The van der Waals surface area contributed by atoms with Crippen molar-refractivity contribution in [1.82, 2.24) is 16.0 Å². The highest BCUT2D eigenvalue weighted by Crippen LogP contribution is 2.47. The number of nitrogens with one attached hydrogen (secondary N) is 3. The monoisotopic (exact) mass is 347 g/mol. The molecule has 25 heavy (non-hydrogen) atoms. The van der Waals surface area contributed by atoms with Gasteiger partial charge < -0.3 is 16.0 Å². The van der Waals surface area contributed by atoms with Crippen molar-refractivity contribution in [3.8, 4) is 0 Å². The van der Waals surface area contributed by atoms with Crippen LogP contribution in [0.1, 0.15) is 83.5 Å². The van der Waals surface area contributed by atoms with Crippen LogP contribution in [-0.2, 0) is 0 Å². The van der Waals surface area contributed by atoms with Crippen molar-refractivity contribution in [2.75, 3.05) is 39.3 Å². The summed E-state index contributed by atoms with van der Waals surface area (Å²) in [6, 6.07) is 0. The summed E-state index contributed by atoms with van der Waals surface area (Å²) in [6.45, 7) is 7.62. The summed E-state index contributed by atoms with van der Waals surface area (Å²) in [6.07, 6.45) is 19.9. The smallest absolute Gasteiger partial charge is 0.0202 e. The molecule has 3 N–H and O–H groups in total. The highest BCUT2D eigenvalue weighted by molar-refractivity contribution is 5.01. The lowest BCUT2D eigenvalue weighted by Gasteiger charge is -2.50. The molecular weight excluding hydrogens is 306 g/mol. The van der Waals surface area contributed by atoms with Crippen LogP contribution in [0.2, 0.25) is 0 Å². The Morgan fingerprint density at radius 2 is 0.680 bits per heavy atom. The quantitative estimate of drug-likeness (QED) is 0.623. The fourth-order valence-corrected chi connectivity index (χ4v) is 5.82. The molecule has 3 heterocycles. The van der Waals surface area contributed by atoms with Crippen LogP contribution in [0.15, 0.2) is 0 Å². The van der Waals surface area contributed by atoms with Gasteiger partial charge in [0, 0.05) is 44.7 Å². The third-order valence-corrected chi connectivity index (χ3v) is 8.24. The van der Waals surface area contributed by atoms with Gasteiger partial charge in [-0.1, -0.05) is 44.9 Å². The van der Waals surface area contributed by atoms with E-state index in [4.69, 9.17) is 0 Å². The molecule has 0 unspecified atom stereocenters. The van der Waals surface area contributed by atoms with Gasteiger partial charge in [0.05, 0.1) is 0 Å². The predicted octanol–water partition coefficient (Wildman–Crippen LogP) is 3.84. The zero-order chi connectivity index (χ0) is 17.1. The molecular formula is C22H41N3. The molecule has 3 aliphatic carbocycles. The van der Waals surface area contributed by atoms with Crippen molar-refractivity contribution in [3.05, 3.63) is 0 Å². The van der Waals surface area contributed by atoms with E-state index in [1.165, 1.54) is 97.1 Å².